The van der Waals surface area contributed by atoms with Gasteiger partial charge in [-0.2, -0.15) is 0 Å². The normalized spacial score (nSPS) is 15.3. The van der Waals surface area contributed by atoms with E-state index >= 15 is 0 Å². The van der Waals surface area contributed by atoms with Gasteiger partial charge < -0.3 is 5.32 Å². The molecular weight excluding hydrogens is 422 g/mol. The van der Waals surface area contributed by atoms with Crippen LogP contribution in [0.3, 0.4) is 0 Å². The molecule has 32 heavy (non-hydrogen) atoms. The fourth-order valence-corrected chi connectivity index (χ4v) is 5.41. The molecule has 5 heteroatoms. The molecule has 0 saturated carbocycles. The smallest absolute Gasteiger partial charge is 0.123 e. The summed E-state index contributed by atoms with van der Waals surface area (Å²) in [6.07, 6.45) is 2.33. The molecule has 1 fully saturated rings. The molecule has 2 nitrogen and oxygen atoms in total. The van der Waals surface area contributed by atoms with Crippen LogP contribution in [0.5, 0.6) is 0 Å². The highest BCUT2D eigenvalue weighted by Gasteiger charge is 2.19. The topological polar surface area (TPSA) is 15.3 Å². The molecule has 4 rings (SSSR count). The number of hydrogen-bond donors (Lipinski definition) is 1. The van der Waals surface area contributed by atoms with Crippen molar-refractivity contribution in [3.05, 3.63) is 107 Å². The molecule has 0 radical (unpaired) electrons. The van der Waals surface area contributed by atoms with Crippen molar-refractivity contribution in [1.82, 2.24) is 10.2 Å². The summed E-state index contributed by atoms with van der Waals surface area (Å²) in [5.41, 5.74) is 3.46. The first kappa shape index (κ1) is 23.0. The van der Waals surface area contributed by atoms with Crippen LogP contribution in [0.25, 0.3) is 0 Å². The molecule has 0 bridgehead atoms. The summed E-state index contributed by atoms with van der Waals surface area (Å²) < 4.78 is 26.8. The van der Waals surface area contributed by atoms with Gasteiger partial charge in [0.05, 0.1) is 5.25 Å². The Kier molecular flexibility index (Phi) is 8.32. The first-order chi connectivity index (χ1) is 15.7. The van der Waals surface area contributed by atoms with Gasteiger partial charge in [0, 0.05) is 24.9 Å². The number of halogens is 2. The van der Waals surface area contributed by atoms with Gasteiger partial charge in [0.1, 0.15) is 11.6 Å². The lowest BCUT2D eigenvalue weighted by molar-refractivity contribution is 0.192. The van der Waals surface area contributed by atoms with Crippen LogP contribution in [0.2, 0.25) is 0 Å². The Morgan fingerprint density at radius 3 is 1.94 bits per heavy atom. The summed E-state index contributed by atoms with van der Waals surface area (Å²) in [6, 6.07) is 24.5. The fourth-order valence-electron chi connectivity index (χ4n) is 4.24. The lowest BCUT2D eigenvalue weighted by Gasteiger charge is -2.32. The van der Waals surface area contributed by atoms with Gasteiger partial charge in [-0.3, -0.25) is 4.90 Å². The molecule has 168 valence electrons. The van der Waals surface area contributed by atoms with E-state index in [-0.39, 0.29) is 16.9 Å². The van der Waals surface area contributed by atoms with Gasteiger partial charge in [-0.05, 0) is 66.9 Å². The van der Waals surface area contributed by atoms with Gasteiger partial charge in [0.15, 0.2) is 0 Å². The minimum atomic E-state index is -0.239. The molecule has 1 saturated heterocycles. The minimum Gasteiger partial charge on any atom is -0.313 e. The second kappa shape index (κ2) is 11.6. The summed E-state index contributed by atoms with van der Waals surface area (Å²) in [6.45, 7) is 4.19. The number of nitrogens with one attached hydrogen (secondary N) is 1. The highest BCUT2D eigenvalue weighted by molar-refractivity contribution is 7.99. The van der Waals surface area contributed by atoms with Gasteiger partial charge in [-0.25, -0.2) is 8.78 Å². The number of nitrogens with zero attached hydrogens (tertiary/aromatic N) is 1. The monoisotopic (exact) mass is 452 g/mol. The van der Waals surface area contributed by atoms with Crippen molar-refractivity contribution in [2.75, 3.05) is 25.4 Å². The lowest BCUT2D eigenvalue weighted by Crippen LogP contribution is -2.42. The maximum Gasteiger partial charge on any atom is 0.123 e. The van der Waals surface area contributed by atoms with Crippen molar-refractivity contribution in [3.8, 4) is 0 Å². The second-order valence-electron chi connectivity index (χ2n) is 8.34. The molecule has 0 atom stereocenters. The molecule has 0 aliphatic carbocycles. The Morgan fingerprint density at radius 2 is 1.38 bits per heavy atom. The van der Waals surface area contributed by atoms with Gasteiger partial charge >= 0.3 is 0 Å². The number of piperidine rings is 1. The van der Waals surface area contributed by atoms with E-state index in [4.69, 9.17) is 0 Å². The van der Waals surface area contributed by atoms with E-state index in [0.29, 0.717) is 6.04 Å². The van der Waals surface area contributed by atoms with Crippen LogP contribution in [0.1, 0.15) is 34.8 Å². The van der Waals surface area contributed by atoms with Crippen LogP contribution in [0.15, 0.2) is 78.9 Å². The van der Waals surface area contributed by atoms with Crippen molar-refractivity contribution in [1.29, 1.82) is 0 Å². The van der Waals surface area contributed by atoms with E-state index in [2.05, 4.69) is 40.5 Å². The van der Waals surface area contributed by atoms with E-state index in [0.717, 1.165) is 55.9 Å². The minimum absolute atomic E-state index is 0.0609. The summed E-state index contributed by atoms with van der Waals surface area (Å²) in [5.74, 6) is 0.456. The first-order valence-electron chi connectivity index (χ1n) is 11.3. The molecule has 0 unspecified atom stereocenters. The highest BCUT2D eigenvalue weighted by Crippen LogP contribution is 2.35. The molecule has 1 heterocycles. The maximum atomic E-state index is 13.4. The summed E-state index contributed by atoms with van der Waals surface area (Å²) >= 11 is 1.81. The fraction of sp³-hybridized carbons (Fsp3) is 0.333. The molecule has 1 aliphatic rings. The molecular formula is C27H30F2N2S. The molecule has 0 amide bonds. The third kappa shape index (κ3) is 6.64. The highest BCUT2D eigenvalue weighted by atomic mass is 32.2. The van der Waals surface area contributed by atoms with Crippen molar-refractivity contribution >= 4 is 11.8 Å². The van der Waals surface area contributed by atoms with Crippen LogP contribution in [-0.4, -0.2) is 36.3 Å². The number of thioether (sulfide) groups is 1. The van der Waals surface area contributed by atoms with Crippen molar-refractivity contribution in [2.45, 2.75) is 30.7 Å². The Bertz CT molecular complexity index is 894. The van der Waals surface area contributed by atoms with Crippen LogP contribution < -0.4 is 5.32 Å². The van der Waals surface area contributed by atoms with E-state index in [9.17, 15) is 8.78 Å². The predicted molar refractivity (Wildman–Crippen MR) is 130 cm³/mol. The third-order valence-corrected chi connectivity index (χ3v) is 7.32. The summed E-state index contributed by atoms with van der Waals surface area (Å²) in [5, 5.41) is 3.78. The van der Waals surface area contributed by atoms with Crippen molar-refractivity contribution in [2.24, 2.45) is 0 Å². The number of benzene rings is 3. The predicted octanol–water partition coefficient (Wildman–Crippen LogP) is 6.04. The number of rotatable bonds is 9. The molecule has 3 aromatic carbocycles. The zero-order valence-electron chi connectivity index (χ0n) is 18.2. The zero-order valence-corrected chi connectivity index (χ0v) is 19.0. The second-order valence-corrected chi connectivity index (χ2v) is 9.56. The largest absolute Gasteiger partial charge is 0.313 e. The Hall–Kier alpha value is -2.21. The average Bonchev–Trinajstić information content (AvgIpc) is 2.82. The Morgan fingerprint density at radius 1 is 0.812 bits per heavy atom. The number of likely N-dealkylation sites (tertiary alicyclic amines) is 1. The van der Waals surface area contributed by atoms with Gasteiger partial charge in [0.2, 0.25) is 0 Å². The molecule has 1 N–H and O–H groups in total. The van der Waals surface area contributed by atoms with Gasteiger partial charge in [-0.1, -0.05) is 54.6 Å². The molecule has 1 aliphatic heterocycles. The summed E-state index contributed by atoms with van der Waals surface area (Å²) in [7, 11) is 0. The number of hydrogen-bond acceptors (Lipinski definition) is 3. The molecule has 0 aromatic heterocycles. The van der Waals surface area contributed by atoms with Crippen LogP contribution in [0.4, 0.5) is 8.78 Å². The Labute approximate surface area is 194 Å². The van der Waals surface area contributed by atoms with E-state index in [1.54, 1.807) is 0 Å². The quantitative estimate of drug-likeness (QED) is 0.399. The van der Waals surface area contributed by atoms with Crippen molar-refractivity contribution < 1.29 is 8.78 Å². The lowest BCUT2D eigenvalue weighted by atomic mass is 10.0. The van der Waals surface area contributed by atoms with Crippen LogP contribution >= 0.6 is 11.8 Å². The summed E-state index contributed by atoms with van der Waals surface area (Å²) in [4.78, 5) is 2.53. The maximum absolute atomic E-state index is 13.4. The first-order valence-corrected chi connectivity index (χ1v) is 12.3. The average molecular weight is 453 g/mol. The van der Waals surface area contributed by atoms with E-state index in [1.807, 2.05) is 36.0 Å². The third-order valence-electron chi connectivity index (χ3n) is 6.00. The van der Waals surface area contributed by atoms with Crippen molar-refractivity contribution in [3.63, 3.8) is 0 Å². The van der Waals surface area contributed by atoms with Crippen LogP contribution in [0, 0.1) is 11.6 Å². The van der Waals surface area contributed by atoms with Gasteiger partial charge in [0.25, 0.3) is 0 Å². The van der Waals surface area contributed by atoms with E-state index in [1.165, 1.54) is 29.8 Å². The SMILES string of the molecule is Fc1ccc(C(SCCNC2CCN(Cc3ccccc3)CC2)c2ccc(F)cc2)cc1. The standard InChI is InChI=1S/C27H30F2N2S/c28-24-10-6-22(7-11-24)27(23-8-12-25(29)13-9-23)32-19-16-30-26-14-17-31(18-15-26)20-21-4-2-1-3-5-21/h1-13,26-27,30H,14-20H2. The van der Waals surface area contributed by atoms with Gasteiger partial charge in [-0.15, -0.1) is 11.8 Å². The zero-order chi connectivity index (χ0) is 22.2. The Balaban J connectivity index is 1.24. The van der Waals surface area contributed by atoms with Crippen LogP contribution in [-0.2, 0) is 6.54 Å². The molecule has 3 aromatic rings. The van der Waals surface area contributed by atoms with E-state index < -0.39 is 0 Å². The molecule has 0 spiro atoms.